The maximum atomic E-state index is 13.3. The van der Waals surface area contributed by atoms with E-state index in [0.717, 1.165) is 0 Å². The van der Waals surface area contributed by atoms with Gasteiger partial charge in [-0.3, -0.25) is 0 Å². The van der Waals surface area contributed by atoms with Crippen molar-refractivity contribution in [2.75, 3.05) is 7.11 Å². The molecule has 0 radical (unpaired) electrons. The predicted molar refractivity (Wildman–Crippen MR) is 77.2 cm³/mol. The van der Waals surface area contributed by atoms with Gasteiger partial charge < -0.3 is 15.6 Å². The first-order chi connectivity index (χ1) is 8.25. The van der Waals surface area contributed by atoms with Crippen LogP contribution in [0.5, 0.6) is 5.75 Å². The largest absolute Gasteiger partial charge is 0.494 e. The molecular weight excluding hydrogens is 269 g/mol. The molecule has 2 atom stereocenters. The summed E-state index contributed by atoms with van der Waals surface area (Å²) in [6.07, 6.45) is -0.285. The number of hydrogen-bond acceptors (Lipinski definition) is 3. The molecule has 1 aromatic carbocycles. The lowest BCUT2D eigenvalue weighted by molar-refractivity contribution is 0.133. The van der Waals surface area contributed by atoms with Gasteiger partial charge in [0.2, 0.25) is 0 Å². The summed E-state index contributed by atoms with van der Waals surface area (Å²) in [5.74, 6) is -0.301. The second-order valence-electron chi connectivity index (χ2n) is 5.62. The Labute approximate surface area is 120 Å². The Kier molecular flexibility index (Phi) is 6.77. The molecule has 0 saturated carbocycles. The van der Waals surface area contributed by atoms with Crippen molar-refractivity contribution < 1.29 is 14.2 Å². The Bertz CT molecular complexity index is 407. The molecule has 3 nitrogen and oxygen atoms in total. The molecule has 0 aliphatic rings. The van der Waals surface area contributed by atoms with Crippen LogP contribution < -0.4 is 10.5 Å². The van der Waals surface area contributed by atoms with Gasteiger partial charge in [0, 0.05) is 6.04 Å². The van der Waals surface area contributed by atoms with Crippen LogP contribution in [0.4, 0.5) is 4.39 Å². The van der Waals surface area contributed by atoms with Crippen LogP contribution in [0, 0.1) is 11.2 Å². The first kappa shape index (κ1) is 18.2. The molecule has 3 N–H and O–H groups in total. The highest BCUT2D eigenvalue weighted by Gasteiger charge is 2.24. The van der Waals surface area contributed by atoms with Gasteiger partial charge in [0.05, 0.1) is 13.2 Å². The molecule has 1 aromatic rings. The van der Waals surface area contributed by atoms with E-state index in [-0.39, 0.29) is 29.6 Å². The lowest BCUT2D eigenvalue weighted by Gasteiger charge is -2.29. The molecule has 0 heterocycles. The van der Waals surface area contributed by atoms with Crippen LogP contribution in [-0.2, 0) is 0 Å². The molecule has 0 fully saturated rings. The standard InChI is InChI=1S/C14H22FNO2.ClH/c1-14(2,3)13(16)8-11(17)9-5-6-10(15)12(7-9)18-4;/h5-7,11,13,17H,8,16H2,1-4H3;1H/t11-,13+;/m0./s1. The number of benzene rings is 1. The van der Waals surface area contributed by atoms with Crippen molar-refractivity contribution in [1.29, 1.82) is 0 Å². The van der Waals surface area contributed by atoms with Gasteiger partial charge in [0.25, 0.3) is 0 Å². The predicted octanol–water partition coefficient (Wildman–Crippen LogP) is 3.05. The van der Waals surface area contributed by atoms with Crippen molar-refractivity contribution in [2.45, 2.75) is 39.3 Å². The fraction of sp³-hybridized carbons (Fsp3) is 0.571. The van der Waals surface area contributed by atoms with Crippen molar-refractivity contribution in [3.63, 3.8) is 0 Å². The number of methoxy groups -OCH3 is 1. The number of aliphatic hydroxyl groups excluding tert-OH is 1. The van der Waals surface area contributed by atoms with Gasteiger partial charge in [-0.25, -0.2) is 4.39 Å². The van der Waals surface area contributed by atoms with Crippen LogP contribution in [-0.4, -0.2) is 18.3 Å². The maximum Gasteiger partial charge on any atom is 0.165 e. The molecule has 0 aromatic heterocycles. The zero-order valence-corrected chi connectivity index (χ0v) is 12.6. The Morgan fingerprint density at radius 2 is 1.95 bits per heavy atom. The van der Waals surface area contributed by atoms with E-state index >= 15 is 0 Å². The molecule has 19 heavy (non-hydrogen) atoms. The summed E-state index contributed by atoms with van der Waals surface area (Å²) in [6, 6.07) is 4.22. The highest BCUT2D eigenvalue weighted by molar-refractivity contribution is 5.85. The number of aliphatic hydroxyl groups is 1. The van der Waals surface area contributed by atoms with E-state index in [1.807, 2.05) is 20.8 Å². The minimum atomic E-state index is -0.714. The molecule has 0 aliphatic heterocycles. The number of hydrogen-bond donors (Lipinski definition) is 2. The Balaban J connectivity index is 0.00000324. The minimum absolute atomic E-state index is 0. The topological polar surface area (TPSA) is 55.5 Å². The van der Waals surface area contributed by atoms with Gasteiger partial charge >= 0.3 is 0 Å². The third-order valence-corrected chi connectivity index (χ3v) is 3.15. The number of ether oxygens (including phenoxy) is 1. The van der Waals surface area contributed by atoms with Gasteiger partial charge in [0.1, 0.15) is 0 Å². The van der Waals surface area contributed by atoms with E-state index in [0.29, 0.717) is 12.0 Å². The zero-order chi connectivity index (χ0) is 13.9. The Hall–Kier alpha value is -0.840. The average molecular weight is 292 g/mol. The molecule has 110 valence electrons. The fourth-order valence-corrected chi connectivity index (χ4v) is 1.61. The minimum Gasteiger partial charge on any atom is -0.494 e. The third-order valence-electron chi connectivity index (χ3n) is 3.15. The summed E-state index contributed by atoms with van der Waals surface area (Å²) in [4.78, 5) is 0. The molecule has 0 aliphatic carbocycles. The second-order valence-corrected chi connectivity index (χ2v) is 5.62. The van der Waals surface area contributed by atoms with Crippen LogP contribution in [0.25, 0.3) is 0 Å². The molecule has 0 saturated heterocycles. The van der Waals surface area contributed by atoms with Gasteiger partial charge in [-0.1, -0.05) is 26.8 Å². The Morgan fingerprint density at radius 3 is 2.42 bits per heavy atom. The molecule has 1 rings (SSSR count). The van der Waals surface area contributed by atoms with Gasteiger partial charge in [-0.2, -0.15) is 0 Å². The summed E-state index contributed by atoms with van der Waals surface area (Å²) in [7, 11) is 1.40. The van der Waals surface area contributed by atoms with Crippen LogP contribution in [0.3, 0.4) is 0 Å². The smallest absolute Gasteiger partial charge is 0.165 e. The van der Waals surface area contributed by atoms with E-state index in [2.05, 4.69) is 0 Å². The third kappa shape index (κ3) is 4.97. The first-order valence-corrected chi connectivity index (χ1v) is 6.02. The molecule has 5 heteroatoms. The number of halogens is 2. The molecule has 0 unspecified atom stereocenters. The first-order valence-electron chi connectivity index (χ1n) is 6.02. The van der Waals surface area contributed by atoms with Crippen LogP contribution in [0.15, 0.2) is 18.2 Å². The van der Waals surface area contributed by atoms with Crippen LogP contribution >= 0.6 is 12.4 Å². The highest BCUT2D eigenvalue weighted by Crippen LogP contribution is 2.29. The van der Waals surface area contributed by atoms with E-state index in [1.54, 1.807) is 6.07 Å². The second kappa shape index (κ2) is 7.08. The lowest BCUT2D eigenvalue weighted by Crippen LogP contribution is -2.36. The highest BCUT2D eigenvalue weighted by atomic mass is 35.5. The maximum absolute atomic E-state index is 13.3. The summed E-state index contributed by atoms with van der Waals surface area (Å²) < 4.78 is 18.1. The summed E-state index contributed by atoms with van der Waals surface area (Å²) in [6.45, 7) is 6.07. The summed E-state index contributed by atoms with van der Waals surface area (Å²) in [5, 5.41) is 10.1. The quantitative estimate of drug-likeness (QED) is 0.896. The van der Waals surface area contributed by atoms with Crippen molar-refractivity contribution in [1.82, 2.24) is 0 Å². The Morgan fingerprint density at radius 1 is 1.37 bits per heavy atom. The number of nitrogens with two attached hydrogens (primary N) is 1. The molecular formula is C14H23ClFNO2. The van der Waals surface area contributed by atoms with E-state index in [4.69, 9.17) is 10.5 Å². The normalized spacial score (nSPS) is 14.5. The molecule has 0 spiro atoms. The molecule has 0 bridgehead atoms. The van der Waals surface area contributed by atoms with E-state index in [9.17, 15) is 9.50 Å². The SMILES string of the molecule is COc1cc([C@@H](O)C[C@@H](N)C(C)(C)C)ccc1F.Cl. The van der Waals surface area contributed by atoms with Crippen LogP contribution in [0.2, 0.25) is 0 Å². The van der Waals surface area contributed by atoms with Crippen molar-refractivity contribution in [3.8, 4) is 5.75 Å². The summed E-state index contributed by atoms with van der Waals surface area (Å²) >= 11 is 0. The van der Waals surface area contributed by atoms with Crippen LogP contribution in [0.1, 0.15) is 38.9 Å². The lowest BCUT2D eigenvalue weighted by atomic mass is 9.83. The number of rotatable bonds is 4. The van der Waals surface area contributed by atoms with Crippen molar-refractivity contribution >= 4 is 12.4 Å². The van der Waals surface area contributed by atoms with Crippen molar-refractivity contribution in [2.24, 2.45) is 11.1 Å². The molecule has 0 amide bonds. The zero-order valence-electron chi connectivity index (χ0n) is 11.8. The van der Waals surface area contributed by atoms with Crippen molar-refractivity contribution in [3.05, 3.63) is 29.6 Å². The van der Waals surface area contributed by atoms with Gasteiger partial charge in [-0.15, -0.1) is 12.4 Å². The fourth-order valence-electron chi connectivity index (χ4n) is 1.61. The average Bonchev–Trinajstić information content (AvgIpc) is 2.28. The van der Waals surface area contributed by atoms with E-state index in [1.165, 1.54) is 19.2 Å². The monoisotopic (exact) mass is 291 g/mol. The van der Waals surface area contributed by atoms with E-state index < -0.39 is 11.9 Å². The van der Waals surface area contributed by atoms with Gasteiger partial charge in [0.15, 0.2) is 11.6 Å². The van der Waals surface area contributed by atoms with Gasteiger partial charge in [-0.05, 0) is 29.5 Å². The summed E-state index contributed by atoms with van der Waals surface area (Å²) in [5.41, 5.74) is 6.56.